The average Bonchev–Trinajstić information content (AvgIpc) is 2.89. The van der Waals surface area contributed by atoms with Crippen LogP contribution in [0.2, 0.25) is 0 Å². The molecule has 35 heavy (non-hydrogen) atoms. The number of sulfonamides is 1. The van der Waals surface area contributed by atoms with Crippen LogP contribution in [0.15, 0.2) is 77.7 Å². The maximum atomic E-state index is 13.0. The summed E-state index contributed by atoms with van der Waals surface area (Å²) in [6, 6.07) is 21.5. The molecule has 1 aliphatic rings. The van der Waals surface area contributed by atoms with E-state index < -0.39 is 10.0 Å². The van der Waals surface area contributed by atoms with Crippen molar-refractivity contribution in [3.63, 3.8) is 0 Å². The van der Waals surface area contributed by atoms with E-state index in [0.717, 1.165) is 37.4 Å². The van der Waals surface area contributed by atoms with Crippen LogP contribution in [0.5, 0.6) is 5.75 Å². The lowest BCUT2D eigenvalue weighted by Gasteiger charge is -2.34. The van der Waals surface area contributed by atoms with E-state index in [0.29, 0.717) is 24.3 Å². The molecule has 3 aromatic rings. The standard InChI is InChI=1S/C27H31N3O4S/c1-21-5-3-4-6-26(21)28-35(32,33)25-13-9-23(10-14-25)27(31)30-19-17-29(18-20-30)16-15-22-7-11-24(34-2)12-8-22/h3-14,28H,15-20H2,1-2H3. The molecule has 0 aromatic heterocycles. The van der Waals surface area contributed by atoms with Crippen LogP contribution in [-0.4, -0.2) is 64.0 Å². The second-order valence-electron chi connectivity index (χ2n) is 8.68. The van der Waals surface area contributed by atoms with Crippen molar-refractivity contribution >= 4 is 21.6 Å². The van der Waals surface area contributed by atoms with Gasteiger partial charge < -0.3 is 9.64 Å². The molecular formula is C27H31N3O4S. The van der Waals surface area contributed by atoms with Gasteiger partial charge in [-0.2, -0.15) is 0 Å². The fraction of sp³-hybridized carbons (Fsp3) is 0.296. The molecule has 0 unspecified atom stereocenters. The van der Waals surface area contributed by atoms with Crippen LogP contribution in [0.3, 0.4) is 0 Å². The van der Waals surface area contributed by atoms with Gasteiger partial charge in [-0.15, -0.1) is 0 Å². The van der Waals surface area contributed by atoms with Crippen molar-refractivity contribution in [2.45, 2.75) is 18.2 Å². The first kappa shape index (κ1) is 24.8. The van der Waals surface area contributed by atoms with Crippen molar-refractivity contribution in [3.05, 3.63) is 89.5 Å². The third-order valence-corrected chi connectivity index (χ3v) is 7.72. The first-order chi connectivity index (χ1) is 16.9. The summed E-state index contributed by atoms with van der Waals surface area (Å²) in [6.45, 7) is 5.71. The number of methoxy groups -OCH3 is 1. The van der Waals surface area contributed by atoms with Crippen molar-refractivity contribution in [1.29, 1.82) is 0 Å². The smallest absolute Gasteiger partial charge is 0.261 e. The SMILES string of the molecule is COc1ccc(CCN2CCN(C(=O)c3ccc(S(=O)(=O)Nc4ccccc4C)cc3)CC2)cc1. The van der Waals surface area contributed by atoms with Crippen LogP contribution in [-0.2, 0) is 16.4 Å². The van der Waals surface area contributed by atoms with Crippen LogP contribution in [0, 0.1) is 6.92 Å². The van der Waals surface area contributed by atoms with Gasteiger partial charge in [-0.05, 0) is 66.9 Å². The molecule has 0 bridgehead atoms. The third-order valence-electron chi connectivity index (χ3n) is 6.34. The van der Waals surface area contributed by atoms with Gasteiger partial charge in [-0.25, -0.2) is 8.42 Å². The van der Waals surface area contributed by atoms with Crippen molar-refractivity contribution in [2.75, 3.05) is 44.6 Å². The molecule has 0 radical (unpaired) electrons. The monoisotopic (exact) mass is 493 g/mol. The lowest BCUT2D eigenvalue weighted by Crippen LogP contribution is -2.49. The van der Waals surface area contributed by atoms with Crippen molar-refractivity contribution in [1.82, 2.24) is 9.80 Å². The van der Waals surface area contributed by atoms with E-state index in [1.54, 1.807) is 31.4 Å². The molecule has 0 saturated carbocycles. The predicted molar refractivity (Wildman–Crippen MR) is 137 cm³/mol. The molecule has 1 heterocycles. The number of para-hydroxylation sites is 1. The van der Waals surface area contributed by atoms with Crippen LogP contribution >= 0.6 is 0 Å². The highest BCUT2D eigenvalue weighted by atomic mass is 32.2. The molecule has 1 saturated heterocycles. The summed E-state index contributed by atoms with van der Waals surface area (Å²) in [5.74, 6) is 0.782. The lowest BCUT2D eigenvalue weighted by atomic mass is 10.1. The van der Waals surface area contributed by atoms with Gasteiger partial charge in [0.25, 0.3) is 15.9 Å². The van der Waals surface area contributed by atoms with Crippen LogP contribution in [0.1, 0.15) is 21.5 Å². The van der Waals surface area contributed by atoms with E-state index in [9.17, 15) is 13.2 Å². The Morgan fingerprint density at radius 3 is 2.20 bits per heavy atom. The van der Waals surface area contributed by atoms with E-state index in [1.165, 1.54) is 17.7 Å². The fourth-order valence-electron chi connectivity index (χ4n) is 4.10. The van der Waals surface area contributed by atoms with E-state index in [4.69, 9.17) is 4.74 Å². The van der Waals surface area contributed by atoms with Gasteiger partial charge in [0, 0.05) is 38.3 Å². The highest BCUT2D eigenvalue weighted by Gasteiger charge is 2.23. The molecule has 1 fully saturated rings. The molecule has 3 aromatic carbocycles. The number of carbonyl (C=O) groups is 1. The maximum absolute atomic E-state index is 13.0. The quantitative estimate of drug-likeness (QED) is 0.516. The zero-order valence-corrected chi connectivity index (χ0v) is 20.9. The molecule has 0 aliphatic carbocycles. The highest BCUT2D eigenvalue weighted by Crippen LogP contribution is 2.20. The number of benzene rings is 3. The van der Waals surface area contributed by atoms with Gasteiger partial charge in [0.15, 0.2) is 0 Å². The van der Waals surface area contributed by atoms with Gasteiger partial charge in [0.1, 0.15) is 5.75 Å². The molecule has 7 nitrogen and oxygen atoms in total. The number of nitrogens with one attached hydrogen (secondary N) is 1. The normalized spacial score (nSPS) is 14.5. The first-order valence-corrected chi connectivity index (χ1v) is 13.2. The van der Waals surface area contributed by atoms with Gasteiger partial charge in [-0.3, -0.25) is 14.4 Å². The summed E-state index contributed by atoms with van der Waals surface area (Å²) in [4.78, 5) is 17.3. The van der Waals surface area contributed by atoms with Gasteiger partial charge in [-0.1, -0.05) is 30.3 Å². The third kappa shape index (κ3) is 6.21. The van der Waals surface area contributed by atoms with E-state index in [2.05, 4.69) is 21.8 Å². The Bertz CT molecular complexity index is 1250. The minimum absolute atomic E-state index is 0.0735. The van der Waals surface area contributed by atoms with Crippen molar-refractivity contribution < 1.29 is 17.9 Å². The summed E-state index contributed by atoms with van der Waals surface area (Å²) in [7, 11) is -2.07. The Labute approximate surface area is 207 Å². The second-order valence-corrected chi connectivity index (χ2v) is 10.4. The molecule has 1 N–H and O–H groups in total. The Hall–Kier alpha value is -3.36. The van der Waals surface area contributed by atoms with Gasteiger partial charge >= 0.3 is 0 Å². The van der Waals surface area contributed by atoms with Crippen LogP contribution in [0.4, 0.5) is 5.69 Å². The number of hydrogen-bond acceptors (Lipinski definition) is 5. The molecular weight excluding hydrogens is 462 g/mol. The number of carbonyl (C=O) groups excluding carboxylic acids is 1. The number of nitrogens with zero attached hydrogens (tertiary/aromatic N) is 2. The largest absolute Gasteiger partial charge is 0.497 e. The topological polar surface area (TPSA) is 79.0 Å². The minimum Gasteiger partial charge on any atom is -0.497 e. The molecule has 1 aliphatic heterocycles. The molecule has 0 spiro atoms. The zero-order valence-electron chi connectivity index (χ0n) is 20.1. The van der Waals surface area contributed by atoms with Gasteiger partial charge in [0.2, 0.25) is 0 Å². The Kier molecular flexibility index (Phi) is 7.73. The Morgan fingerprint density at radius 2 is 1.57 bits per heavy atom. The predicted octanol–water partition coefficient (Wildman–Crippen LogP) is 3.80. The Morgan fingerprint density at radius 1 is 0.914 bits per heavy atom. The number of ether oxygens (including phenoxy) is 1. The number of amides is 1. The minimum atomic E-state index is -3.73. The van der Waals surface area contributed by atoms with E-state index in [1.807, 2.05) is 36.1 Å². The van der Waals surface area contributed by atoms with Crippen molar-refractivity contribution in [3.8, 4) is 5.75 Å². The molecule has 8 heteroatoms. The van der Waals surface area contributed by atoms with E-state index in [-0.39, 0.29) is 10.8 Å². The van der Waals surface area contributed by atoms with Crippen molar-refractivity contribution in [2.24, 2.45) is 0 Å². The van der Waals surface area contributed by atoms with E-state index >= 15 is 0 Å². The van der Waals surface area contributed by atoms with Gasteiger partial charge in [0.05, 0.1) is 17.7 Å². The molecule has 1 amide bonds. The summed E-state index contributed by atoms with van der Waals surface area (Å²) in [5, 5.41) is 0. The fourth-order valence-corrected chi connectivity index (χ4v) is 5.24. The van der Waals surface area contributed by atoms with Crippen LogP contribution < -0.4 is 9.46 Å². The number of anilines is 1. The average molecular weight is 494 g/mol. The lowest BCUT2D eigenvalue weighted by molar-refractivity contribution is 0.0638. The molecule has 184 valence electrons. The number of hydrogen-bond donors (Lipinski definition) is 1. The second kappa shape index (κ2) is 10.9. The maximum Gasteiger partial charge on any atom is 0.261 e. The summed E-state index contributed by atoms with van der Waals surface area (Å²) < 4.78 is 33.3. The summed E-state index contributed by atoms with van der Waals surface area (Å²) in [6.07, 6.45) is 0.949. The number of aryl methyl sites for hydroxylation is 1. The molecule has 4 rings (SSSR count). The molecule has 0 atom stereocenters. The van der Waals surface area contributed by atoms with Crippen LogP contribution in [0.25, 0.3) is 0 Å². The Balaban J connectivity index is 1.30. The summed E-state index contributed by atoms with van der Waals surface area (Å²) >= 11 is 0. The number of rotatable bonds is 8. The first-order valence-electron chi connectivity index (χ1n) is 11.7. The number of piperazine rings is 1. The highest BCUT2D eigenvalue weighted by molar-refractivity contribution is 7.92. The summed E-state index contributed by atoms with van der Waals surface area (Å²) in [5.41, 5.74) is 3.13. The zero-order chi connectivity index (χ0) is 24.8.